The lowest BCUT2D eigenvalue weighted by molar-refractivity contribution is 0.100. The van der Waals surface area contributed by atoms with Crippen molar-refractivity contribution in [2.24, 2.45) is 0 Å². The maximum absolute atomic E-state index is 13.2. The van der Waals surface area contributed by atoms with Crippen LogP contribution in [0.1, 0.15) is 10.4 Å². The third-order valence-corrected chi connectivity index (χ3v) is 4.43. The van der Waals surface area contributed by atoms with E-state index in [1.807, 2.05) is 0 Å². The summed E-state index contributed by atoms with van der Waals surface area (Å²) >= 11 is 0. The van der Waals surface area contributed by atoms with E-state index in [1.165, 1.54) is 55.7 Å². The molecule has 0 unspecified atom stereocenters. The first kappa shape index (κ1) is 19.1. The Balaban J connectivity index is 1.70. The lowest BCUT2D eigenvalue weighted by atomic mass is 10.2. The lowest BCUT2D eigenvalue weighted by Gasteiger charge is -2.13. The van der Waals surface area contributed by atoms with Crippen LogP contribution in [-0.4, -0.2) is 39.6 Å². The van der Waals surface area contributed by atoms with Crippen LogP contribution in [0.4, 0.5) is 4.39 Å². The number of hydrogen-bond donors (Lipinski definition) is 1. The molecule has 30 heavy (non-hydrogen) atoms. The second kappa shape index (κ2) is 7.66. The predicted molar refractivity (Wildman–Crippen MR) is 106 cm³/mol. The van der Waals surface area contributed by atoms with Gasteiger partial charge in [-0.15, -0.1) is 0 Å². The van der Waals surface area contributed by atoms with Gasteiger partial charge in [0.15, 0.2) is 17.1 Å². The largest absolute Gasteiger partial charge is 0.493 e. The zero-order chi connectivity index (χ0) is 21.3. The summed E-state index contributed by atoms with van der Waals surface area (Å²) in [4.78, 5) is 29.8. The molecule has 1 amide bonds. The molecule has 0 atom stereocenters. The smallest absolute Gasteiger partial charge is 0.283 e. The fourth-order valence-corrected chi connectivity index (χ4v) is 3.00. The summed E-state index contributed by atoms with van der Waals surface area (Å²) in [6.07, 6.45) is 2.51. The number of carbonyl (C=O) groups excluding carboxylic acids is 1. The second-order valence-electron chi connectivity index (χ2n) is 6.17. The van der Waals surface area contributed by atoms with Crippen molar-refractivity contribution >= 4 is 16.9 Å². The number of ether oxygens (including phenoxy) is 2. The number of rotatable bonds is 5. The molecule has 2 aromatic carbocycles. The van der Waals surface area contributed by atoms with Gasteiger partial charge in [-0.1, -0.05) is 6.07 Å². The number of amides is 1. The highest BCUT2D eigenvalue weighted by molar-refractivity contribution is 6.03. The molecule has 2 heterocycles. The standard InChI is InChI=1S/C20H16FN5O4/c1-29-16-5-3-4-14(17(16)30-2)19(27)24-25-11-22-18-15(20(25)28)10-23-26(18)13-8-6-12(21)7-9-13/h3-11H,1-2H3,(H,24,27). The molecule has 0 saturated carbocycles. The van der Waals surface area contributed by atoms with Crippen molar-refractivity contribution in [2.75, 3.05) is 19.6 Å². The van der Waals surface area contributed by atoms with Crippen molar-refractivity contribution in [3.63, 3.8) is 0 Å². The summed E-state index contributed by atoms with van der Waals surface area (Å²) in [5, 5.41) is 4.33. The molecule has 152 valence electrons. The van der Waals surface area contributed by atoms with Gasteiger partial charge in [0, 0.05) is 0 Å². The molecular weight excluding hydrogens is 393 g/mol. The molecule has 10 heteroatoms. The van der Waals surface area contributed by atoms with E-state index in [0.717, 1.165) is 4.68 Å². The average molecular weight is 409 g/mol. The highest BCUT2D eigenvalue weighted by Crippen LogP contribution is 2.30. The number of carbonyl (C=O) groups is 1. The van der Waals surface area contributed by atoms with E-state index in [4.69, 9.17) is 9.47 Å². The second-order valence-corrected chi connectivity index (χ2v) is 6.17. The molecule has 0 aliphatic rings. The summed E-state index contributed by atoms with van der Waals surface area (Å²) in [6.45, 7) is 0. The zero-order valence-corrected chi connectivity index (χ0v) is 16.0. The third kappa shape index (κ3) is 3.24. The van der Waals surface area contributed by atoms with Gasteiger partial charge in [0.25, 0.3) is 11.5 Å². The number of para-hydroxylation sites is 1. The number of nitrogens with one attached hydrogen (secondary N) is 1. The topological polar surface area (TPSA) is 100 Å². The van der Waals surface area contributed by atoms with Crippen LogP contribution >= 0.6 is 0 Å². The molecule has 1 N–H and O–H groups in total. The van der Waals surface area contributed by atoms with Crippen molar-refractivity contribution in [3.8, 4) is 17.2 Å². The number of aromatic nitrogens is 4. The Labute approximate surface area is 169 Å². The molecular formula is C20H16FN5O4. The molecule has 0 radical (unpaired) electrons. The first-order valence-electron chi connectivity index (χ1n) is 8.77. The van der Waals surface area contributed by atoms with Gasteiger partial charge in [-0.2, -0.15) is 5.10 Å². The van der Waals surface area contributed by atoms with E-state index in [0.29, 0.717) is 11.4 Å². The van der Waals surface area contributed by atoms with Gasteiger partial charge >= 0.3 is 0 Å². The van der Waals surface area contributed by atoms with Crippen LogP contribution in [0.25, 0.3) is 16.7 Å². The van der Waals surface area contributed by atoms with Crippen LogP contribution in [0, 0.1) is 5.82 Å². The normalized spacial score (nSPS) is 10.8. The maximum atomic E-state index is 13.2. The van der Waals surface area contributed by atoms with Gasteiger partial charge in [-0.25, -0.2) is 18.7 Å². The number of methoxy groups -OCH3 is 2. The summed E-state index contributed by atoms with van der Waals surface area (Å²) in [5.74, 6) is -0.350. The van der Waals surface area contributed by atoms with Gasteiger partial charge < -0.3 is 9.47 Å². The SMILES string of the molecule is COc1cccc(C(=O)Nn2cnc3c(cnn3-c3ccc(F)cc3)c2=O)c1OC. The van der Waals surface area contributed by atoms with Crippen molar-refractivity contribution in [1.29, 1.82) is 0 Å². The van der Waals surface area contributed by atoms with E-state index in [9.17, 15) is 14.0 Å². The molecule has 0 aliphatic heterocycles. The summed E-state index contributed by atoms with van der Waals surface area (Å²) in [5.41, 5.74) is 2.96. The van der Waals surface area contributed by atoms with Crippen molar-refractivity contribution in [2.45, 2.75) is 0 Å². The maximum Gasteiger partial charge on any atom is 0.283 e. The molecule has 0 aliphatic carbocycles. The zero-order valence-electron chi connectivity index (χ0n) is 16.0. The fourth-order valence-electron chi connectivity index (χ4n) is 3.00. The number of nitrogens with zero attached hydrogens (tertiary/aromatic N) is 4. The quantitative estimate of drug-likeness (QED) is 0.542. The van der Waals surface area contributed by atoms with Crippen molar-refractivity contribution in [1.82, 2.24) is 19.4 Å². The van der Waals surface area contributed by atoms with Crippen LogP contribution in [0.3, 0.4) is 0 Å². The highest BCUT2D eigenvalue weighted by atomic mass is 19.1. The summed E-state index contributed by atoms with van der Waals surface area (Å²) in [6, 6.07) is 10.4. The third-order valence-electron chi connectivity index (χ3n) is 4.43. The first-order chi connectivity index (χ1) is 14.5. The van der Waals surface area contributed by atoms with Gasteiger partial charge in [0.05, 0.1) is 31.7 Å². The van der Waals surface area contributed by atoms with Crippen LogP contribution in [0.5, 0.6) is 11.5 Å². The van der Waals surface area contributed by atoms with Gasteiger partial charge in [-0.3, -0.25) is 15.0 Å². The Morgan fingerprint density at radius 1 is 1.10 bits per heavy atom. The van der Waals surface area contributed by atoms with E-state index < -0.39 is 11.5 Å². The van der Waals surface area contributed by atoms with Gasteiger partial charge in [-0.05, 0) is 36.4 Å². The molecule has 0 saturated heterocycles. The van der Waals surface area contributed by atoms with Gasteiger partial charge in [0.2, 0.25) is 0 Å². The van der Waals surface area contributed by atoms with Crippen molar-refractivity contribution in [3.05, 3.63) is 76.7 Å². The van der Waals surface area contributed by atoms with E-state index >= 15 is 0 Å². The van der Waals surface area contributed by atoms with E-state index in [2.05, 4.69) is 15.5 Å². The number of hydrogen-bond acceptors (Lipinski definition) is 6. The van der Waals surface area contributed by atoms with Crippen LogP contribution < -0.4 is 20.5 Å². The summed E-state index contributed by atoms with van der Waals surface area (Å²) < 4.78 is 26.0. The fraction of sp³-hybridized carbons (Fsp3) is 0.100. The van der Waals surface area contributed by atoms with E-state index in [-0.39, 0.29) is 28.2 Å². The van der Waals surface area contributed by atoms with Gasteiger partial charge in [0.1, 0.15) is 17.5 Å². The highest BCUT2D eigenvalue weighted by Gasteiger charge is 2.18. The molecule has 4 aromatic rings. The first-order valence-corrected chi connectivity index (χ1v) is 8.77. The van der Waals surface area contributed by atoms with Crippen LogP contribution in [0.15, 0.2) is 59.8 Å². The average Bonchev–Trinajstić information content (AvgIpc) is 3.20. The summed E-state index contributed by atoms with van der Waals surface area (Å²) in [7, 11) is 2.87. The Morgan fingerprint density at radius 3 is 2.57 bits per heavy atom. The van der Waals surface area contributed by atoms with Crippen LogP contribution in [0.2, 0.25) is 0 Å². The molecule has 2 aromatic heterocycles. The Hall–Kier alpha value is -4.21. The minimum atomic E-state index is -0.583. The molecule has 4 rings (SSSR count). The number of benzene rings is 2. The monoisotopic (exact) mass is 409 g/mol. The van der Waals surface area contributed by atoms with Crippen molar-refractivity contribution < 1.29 is 18.7 Å². The lowest BCUT2D eigenvalue weighted by Crippen LogP contribution is -2.33. The Bertz CT molecular complexity index is 1300. The Morgan fingerprint density at radius 2 is 1.87 bits per heavy atom. The molecule has 9 nitrogen and oxygen atoms in total. The minimum absolute atomic E-state index is 0.180. The molecule has 0 fully saturated rings. The predicted octanol–water partition coefficient (Wildman–Crippen LogP) is 2.12. The molecule has 0 bridgehead atoms. The van der Waals surface area contributed by atoms with E-state index in [1.54, 1.807) is 18.2 Å². The minimum Gasteiger partial charge on any atom is -0.493 e. The number of fused-ring (bicyclic) bond motifs is 1. The Kier molecular flexibility index (Phi) is 4.88. The van der Waals surface area contributed by atoms with Crippen LogP contribution in [-0.2, 0) is 0 Å². The molecule has 0 spiro atoms. The number of halogens is 1.